The zero-order chi connectivity index (χ0) is 53.5. The first-order valence-electron chi connectivity index (χ1n) is 22.1. The summed E-state index contributed by atoms with van der Waals surface area (Å²) in [6.45, 7) is 7.33. The summed E-state index contributed by atoms with van der Waals surface area (Å²) in [5.74, 6) is -1.68. The Morgan fingerprint density at radius 2 is 1.07 bits per heavy atom. The number of carbonyl (C=O) groups is 1. The van der Waals surface area contributed by atoms with Crippen LogP contribution in [-0.4, -0.2) is 93.8 Å². The molecule has 0 fully saturated rings. The first kappa shape index (κ1) is 57.6. The molecule has 0 saturated carbocycles. The number of ether oxygens (including phenoxy) is 2. The Labute approximate surface area is 470 Å². The van der Waals surface area contributed by atoms with Crippen molar-refractivity contribution in [1.29, 1.82) is 0 Å². The molecule has 0 radical (unpaired) electrons. The molecule has 8 aromatic carbocycles. The third-order valence-electron chi connectivity index (χ3n) is 10.8. The Morgan fingerprint density at radius 3 is 1.61 bits per heavy atom. The number of fused-ring (bicyclic) bond motifs is 2. The molecule has 23 heteroatoms. The molecule has 0 spiro atoms. The molecule has 0 aromatic heterocycles. The summed E-state index contributed by atoms with van der Waals surface area (Å²) in [4.78, 5) is 16.5. The number of anilines is 1. The molecule has 75 heavy (non-hydrogen) atoms. The normalized spacial score (nSPS) is 11.9. The first-order chi connectivity index (χ1) is 35.2. The van der Waals surface area contributed by atoms with Crippen molar-refractivity contribution in [3.05, 3.63) is 166 Å². The molecule has 0 aliphatic rings. The Kier molecular flexibility index (Phi) is 19.0. The Morgan fingerprint density at radius 1 is 0.613 bits per heavy atom. The van der Waals surface area contributed by atoms with Crippen LogP contribution < -0.4 is 25.0 Å². The molecule has 18 nitrogen and oxygen atoms in total. The number of halogens is 2. The zero-order valence-electron chi connectivity index (χ0n) is 40.1. The maximum Gasteiger partial charge on any atom is 2.00 e. The van der Waals surface area contributed by atoms with Crippen molar-refractivity contribution in [2.45, 2.75) is 37.5 Å². The van der Waals surface area contributed by atoms with Crippen LogP contribution >= 0.6 is 23.2 Å². The molecule has 1 amide bonds. The van der Waals surface area contributed by atoms with E-state index in [1.165, 1.54) is 38.1 Å². The van der Waals surface area contributed by atoms with Gasteiger partial charge in [-0.05, 0) is 122 Å². The fraction of sp³-hybridized carbons (Fsp3) is 0.115. The van der Waals surface area contributed by atoms with Crippen molar-refractivity contribution < 1.29 is 55.5 Å². The summed E-state index contributed by atoms with van der Waals surface area (Å²) in [7, 11) is -9.07. The van der Waals surface area contributed by atoms with Gasteiger partial charge in [0, 0.05) is 10.8 Å². The second-order valence-electron chi connectivity index (χ2n) is 15.9. The van der Waals surface area contributed by atoms with Gasteiger partial charge in [-0.1, -0.05) is 102 Å². The molecule has 0 heterocycles. The number of carbonyl (C=O) groups excluding carboxylic acids is 1. The number of phenols is 1. The number of nitrogens with zero attached hydrogens (tertiary/aromatic N) is 5. The number of aryl methyl sites for hydroxylation is 2. The molecule has 0 atom stereocenters. The summed E-state index contributed by atoms with van der Waals surface area (Å²) < 4.78 is 76.8. The maximum atomic E-state index is 13.4. The quantitative estimate of drug-likeness (QED) is 0.0260. The molecule has 0 aliphatic heterocycles. The predicted octanol–water partition coefficient (Wildman–Crippen LogP) is 11.8. The predicted molar refractivity (Wildman–Crippen MR) is 284 cm³/mol. The van der Waals surface area contributed by atoms with Gasteiger partial charge in [-0.2, -0.15) is 21.9 Å². The van der Waals surface area contributed by atoms with Crippen molar-refractivity contribution in [2.75, 3.05) is 18.5 Å². The van der Waals surface area contributed by atoms with Crippen LogP contribution in [0.15, 0.2) is 169 Å². The van der Waals surface area contributed by atoms with Gasteiger partial charge in [0.25, 0.3) is 26.1 Å². The van der Waals surface area contributed by atoms with Crippen LogP contribution in [0.4, 0.5) is 34.1 Å². The Hall–Kier alpha value is -6.72. The molecule has 8 aromatic rings. The largest absolute Gasteiger partial charge is 2.00 e. The summed E-state index contributed by atoms with van der Waals surface area (Å²) >= 11 is 12.4. The minimum atomic E-state index is -4.54. The average Bonchev–Trinajstić information content (AvgIpc) is 3.34. The summed E-state index contributed by atoms with van der Waals surface area (Å²) in [5, 5.41) is 58.7. The number of nitrogens with one attached hydrogen (secondary N) is 1. The van der Waals surface area contributed by atoms with Gasteiger partial charge in [-0.15, -0.1) is 15.3 Å². The van der Waals surface area contributed by atoms with Crippen LogP contribution in [0, 0.1) is 13.8 Å². The zero-order valence-corrected chi connectivity index (χ0v) is 45.5. The third kappa shape index (κ3) is 13.6. The van der Waals surface area contributed by atoms with Gasteiger partial charge < -0.3 is 30.1 Å². The van der Waals surface area contributed by atoms with Gasteiger partial charge >= 0.3 is 37.7 Å². The molecule has 0 unspecified atom stereocenters. The van der Waals surface area contributed by atoms with Gasteiger partial charge in [0.1, 0.15) is 34.2 Å². The fourth-order valence-electron chi connectivity index (χ4n) is 7.40. The molecular weight excluding hydrogens is 1080 g/mol. The topological polar surface area (TPSA) is 284 Å². The Balaban J connectivity index is 0.000000241. The molecular formula is C52H42CaCl2N6O12S2. The smallest absolute Gasteiger partial charge is 0.871 e. The standard InChI is InChI=1S/2C26H22ClN3O6S.Ca/c2*1-3-36-22-11-7-6-10-20(22)28-26(32)18-13-16-8-4-5-9-17(16)24(25(18)31)30-29-21-14-23(37(33,34)35)15(2)12-19(21)27;/h2*4-14,31H,3H2,1-2H3,(H,28,32)(H,33,34,35);/q;;+2/p-2. The number of rotatable bonds is 14. The molecule has 0 bridgehead atoms. The number of benzene rings is 8. The number of amides is 1. The van der Waals surface area contributed by atoms with Crippen LogP contribution in [0.25, 0.3) is 21.5 Å². The SMILES string of the molecule is CCOc1ccccc1N=C([O-])c1cc2ccccc2c(N=Nc2cc(S(=O)(=O)O)c(C)cc2Cl)c1[O-].CCOc1ccccc1NC(=O)c1cc2ccccc2c(N=Nc2cc(S(=O)(=O)O)c(C)cc2Cl)c1O.[Ca+2]. The molecule has 4 N–H and O–H groups in total. The van der Waals surface area contributed by atoms with E-state index in [9.17, 15) is 46.1 Å². The molecule has 8 rings (SSSR count). The van der Waals surface area contributed by atoms with Gasteiger partial charge in [0.05, 0.1) is 50.0 Å². The number of phenolic OH excluding ortho intramolecular Hbond substituents is 1. The summed E-state index contributed by atoms with van der Waals surface area (Å²) in [6, 6.07) is 35.0. The second kappa shape index (κ2) is 24.7. The van der Waals surface area contributed by atoms with E-state index < -0.39 is 48.4 Å². The van der Waals surface area contributed by atoms with Crippen molar-refractivity contribution in [1.82, 2.24) is 0 Å². The first-order valence-corrected chi connectivity index (χ1v) is 25.7. The van der Waals surface area contributed by atoms with E-state index in [0.29, 0.717) is 51.9 Å². The summed E-state index contributed by atoms with van der Waals surface area (Å²) in [6.07, 6.45) is 0. The maximum absolute atomic E-state index is 13.4. The van der Waals surface area contributed by atoms with Crippen molar-refractivity contribution >= 4 is 149 Å². The van der Waals surface area contributed by atoms with Gasteiger partial charge in [0.15, 0.2) is 5.75 Å². The Bertz CT molecular complexity index is 3830. The fourth-order valence-corrected chi connectivity index (χ4v) is 9.36. The third-order valence-corrected chi connectivity index (χ3v) is 13.4. The van der Waals surface area contributed by atoms with Crippen LogP contribution in [-0.2, 0) is 20.2 Å². The van der Waals surface area contributed by atoms with E-state index in [-0.39, 0.29) is 103 Å². The number of hydrogen-bond donors (Lipinski definition) is 4. The van der Waals surface area contributed by atoms with Crippen LogP contribution in [0.1, 0.15) is 40.9 Å². The van der Waals surface area contributed by atoms with E-state index >= 15 is 0 Å². The molecule has 380 valence electrons. The van der Waals surface area contributed by atoms with E-state index in [0.717, 1.165) is 12.1 Å². The van der Waals surface area contributed by atoms with E-state index in [2.05, 4.69) is 30.8 Å². The van der Waals surface area contributed by atoms with Crippen molar-refractivity contribution in [3.8, 4) is 23.0 Å². The monoisotopic (exact) mass is 1120 g/mol. The molecule has 0 saturated heterocycles. The van der Waals surface area contributed by atoms with Gasteiger partial charge in [0.2, 0.25) is 0 Å². The number of para-hydroxylation sites is 4. The van der Waals surface area contributed by atoms with Crippen LogP contribution in [0.5, 0.6) is 23.0 Å². The van der Waals surface area contributed by atoms with E-state index in [1.807, 2.05) is 6.92 Å². The molecule has 0 aliphatic carbocycles. The van der Waals surface area contributed by atoms with Crippen molar-refractivity contribution in [2.24, 2.45) is 25.4 Å². The van der Waals surface area contributed by atoms with E-state index in [4.69, 9.17) is 32.7 Å². The van der Waals surface area contributed by atoms with Crippen LogP contribution in [0.2, 0.25) is 10.0 Å². The van der Waals surface area contributed by atoms with E-state index in [1.54, 1.807) is 104 Å². The minimum Gasteiger partial charge on any atom is -0.871 e. The van der Waals surface area contributed by atoms with Gasteiger partial charge in [-0.25, -0.2) is 0 Å². The number of aliphatic imine (C=N–C) groups is 1. The number of azo groups is 2. The minimum absolute atomic E-state index is 0. The number of aromatic hydroxyl groups is 1. The second-order valence-corrected chi connectivity index (χ2v) is 19.4. The van der Waals surface area contributed by atoms with Gasteiger partial charge in [-0.3, -0.25) is 18.9 Å². The van der Waals surface area contributed by atoms with Crippen LogP contribution in [0.3, 0.4) is 0 Å². The number of hydrogen-bond acceptors (Lipinski definition) is 15. The summed E-state index contributed by atoms with van der Waals surface area (Å²) in [5.41, 5.74) is 0.530. The van der Waals surface area contributed by atoms with Crippen molar-refractivity contribution in [3.63, 3.8) is 0 Å². The average molecular weight is 1120 g/mol.